The number of rotatable bonds is 11. The van der Waals surface area contributed by atoms with E-state index in [4.69, 9.17) is 15.2 Å². The van der Waals surface area contributed by atoms with Crippen LogP contribution in [0.2, 0.25) is 0 Å². The van der Waals surface area contributed by atoms with Crippen LogP contribution in [0.3, 0.4) is 0 Å². The van der Waals surface area contributed by atoms with Crippen molar-refractivity contribution in [1.82, 2.24) is 4.90 Å². The fourth-order valence-electron chi connectivity index (χ4n) is 2.70. The van der Waals surface area contributed by atoms with Gasteiger partial charge in [-0.1, -0.05) is 37.3 Å². The number of nitrogens with two attached hydrogens (primary N) is 1. The van der Waals surface area contributed by atoms with Crippen molar-refractivity contribution in [1.29, 1.82) is 0 Å². The van der Waals surface area contributed by atoms with Crippen LogP contribution < -0.4 is 5.73 Å². The van der Waals surface area contributed by atoms with Crippen molar-refractivity contribution in [3.8, 4) is 0 Å². The van der Waals surface area contributed by atoms with E-state index < -0.39 is 0 Å². The predicted molar refractivity (Wildman–Crippen MR) is 87.4 cm³/mol. The Labute approximate surface area is 129 Å². The number of ether oxygens (including phenoxy) is 2. The smallest absolute Gasteiger partial charge is 0.0589 e. The standard InChI is InChI=1S/C17H30N2O2/c1-4-16(17(18)15-9-6-5-7-10-15)19(12-14-21-3)11-8-13-20-2/h5-7,9-10,16-17H,4,8,11-14,18H2,1-3H3. The molecular formula is C17H30N2O2. The molecule has 0 heterocycles. The first kappa shape index (κ1) is 18.1. The van der Waals surface area contributed by atoms with Crippen LogP contribution in [0.4, 0.5) is 0 Å². The van der Waals surface area contributed by atoms with Gasteiger partial charge in [-0.3, -0.25) is 4.90 Å². The second-order valence-corrected chi connectivity index (χ2v) is 5.29. The Bertz CT molecular complexity index is 359. The molecule has 0 bridgehead atoms. The molecule has 4 heteroatoms. The number of benzene rings is 1. The van der Waals surface area contributed by atoms with Gasteiger partial charge in [0.1, 0.15) is 0 Å². The Hall–Kier alpha value is -0.940. The topological polar surface area (TPSA) is 47.7 Å². The van der Waals surface area contributed by atoms with Gasteiger partial charge in [0.15, 0.2) is 0 Å². The minimum Gasteiger partial charge on any atom is -0.385 e. The molecule has 120 valence electrons. The number of methoxy groups -OCH3 is 2. The first-order chi connectivity index (χ1) is 10.2. The highest BCUT2D eigenvalue weighted by atomic mass is 16.5. The number of hydrogen-bond acceptors (Lipinski definition) is 4. The highest BCUT2D eigenvalue weighted by Gasteiger charge is 2.24. The third-order valence-electron chi connectivity index (χ3n) is 3.86. The maximum Gasteiger partial charge on any atom is 0.0589 e. The lowest BCUT2D eigenvalue weighted by Crippen LogP contribution is -2.44. The Morgan fingerprint density at radius 1 is 1.05 bits per heavy atom. The van der Waals surface area contributed by atoms with Gasteiger partial charge in [-0.15, -0.1) is 0 Å². The van der Waals surface area contributed by atoms with Crippen LogP contribution >= 0.6 is 0 Å². The molecule has 2 atom stereocenters. The molecule has 0 amide bonds. The van der Waals surface area contributed by atoms with Crippen LogP contribution in [0.1, 0.15) is 31.4 Å². The van der Waals surface area contributed by atoms with Crippen molar-refractivity contribution < 1.29 is 9.47 Å². The molecule has 0 fully saturated rings. The zero-order chi connectivity index (χ0) is 15.5. The quantitative estimate of drug-likeness (QED) is 0.637. The molecule has 0 aliphatic rings. The summed E-state index contributed by atoms with van der Waals surface area (Å²) >= 11 is 0. The molecule has 0 radical (unpaired) electrons. The lowest BCUT2D eigenvalue weighted by atomic mass is 9.96. The van der Waals surface area contributed by atoms with Gasteiger partial charge in [0.2, 0.25) is 0 Å². The summed E-state index contributed by atoms with van der Waals surface area (Å²) in [5.74, 6) is 0. The Morgan fingerprint density at radius 2 is 1.71 bits per heavy atom. The first-order valence-electron chi connectivity index (χ1n) is 7.77. The van der Waals surface area contributed by atoms with Crippen LogP contribution in [0.15, 0.2) is 30.3 Å². The van der Waals surface area contributed by atoms with Crippen molar-refractivity contribution >= 4 is 0 Å². The van der Waals surface area contributed by atoms with Gasteiger partial charge in [-0.2, -0.15) is 0 Å². The average Bonchev–Trinajstić information content (AvgIpc) is 2.53. The van der Waals surface area contributed by atoms with E-state index in [9.17, 15) is 0 Å². The monoisotopic (exact) mass is 294 g/mol. The van der Waals surface area contributed by atoms with E-state index in [2.05, 4.69) is 24.0 Å². The summed E-state index contributed by atoms with van der Waals surface area (Å²) in [4.78, 5) is 2.43. The highest BCUT2D eigenvalue weighted by Crippen LogP contribution is 2.21. The second kappa shape index (κ2) is 10.7. The SMILES string of the molecule is CCC(C(N)c1ccccc1)N(CCCOC)CCOC. The first-order valence-corrected chi connectivity index (χ1v) is 7.77. The van der Waals surface area contributed by atoms with E-state index in [0.717, 1.165) is 39.1 Å². The average molecular weight is 294 g/mol. The fraction of sp³-hybridized carbons (Fsp3) is 0.647. The van der Waals surface area contributed by atoms with E-state index in [0.29, 0.717) is 6.04 Å². The highest BCUT2D eigenvalue weighted by molar-refractivity contribution is 5.20. The third kappa shape index (κ3) is 6.14. The summed E-state index contributed by atoms with van der Waals surface area (Å²) in [5, 5.41) is 0. The lowest BCUT2D eigenvalue weighted by Gasteiger charge is -2.35. The Balaban J connectivity index is 2.73. The van der Waals surface area contributed by atoms with Crippen molar-refractivity contribution in [2.45, 2.75) is 31.8 Å². The number of nitrogens with zero attached hydrogens (tertiary/aromatic N) is 1. The van der Waals surface area contributed by atoms with Gasteiger partial charge in [0.05, 0.1) is 6.61 Å². The molecule has 2 unspecified atom stereocenters. The molecule has 1 aromatic carbocycles. The minimum atomic E-state index is 0.0237. The normalized spacial score (nSPS) is 14.3. The third-order valence-corrected chi connectivity index (χ3v) is 3.86. The molecule has 0 saturated heterocycles. The molecule has 21 heavy (non-hydrogen) atoms. The van der Waals surface area contributed by atoms with E-state index >= 15 is 0 Å². The Morgan fingerprint density at radius 3 is 2.29 bits per heavy atom. The minimum absolute atomic E-state index is 0.0237. The van der Waals surface area contributed by atoms with Crippen molar-refractivity contribution in [3.63, 3.8) is 0 Å². The molecular weight excluding hydrogens is 264 g/mol. The maximum absolute atomic E-state index is 6.51. The second-order valence-electron chi connectivity index (χ2n) is 5.29. The summed E-state index contributed by atoms with van der Waals surface area (Å²) in [6.07, 6.45) is 2.03. The summed E-state index contributed by atoms with van der Waals surface area (Å²) in [5.41, 5.74) is 7.71. The van der Waals surface area contributed by atoms with E-state index in [-0.39, 0.29) is 6.04 Å². The maximum atomic E-state index is 6.51. The molecule has 0 aromatic heterocycles. The lowest BCUT2D eigenvalue weighted by molar-refractivity contribution is 0.0942. The summed E-state index contributed by atoms with van der Waals surface area (Å²) in [7, 11) is 3.48. The van der Waals surface area contributed by atoms with E-state index in [1.165, 1.54) is 5.56 Å². The molecule has 2 N–H and O–H groups in total. The summed E-state index contributed by atoms with van der Waals surface area (Å²) < 4.78 is 10.4. The predicted octanol–water partition coefficient (Wildman–Crippen LogP) is 2.45. The van der Waals surface area contributed by atoms with Gasteiger partial charge < -0.3 is 15.2 Å². The Kier molecular flexibility index (Phi) is 9.26. The van der Waals surface area contributed by atoms with Gasteiger partial charge in [-0.25, -0.2) is 0 Å². The summed E-state index contributed by atoms with van der Waals surface area (Å²) in [6, 6.07) is 10.7. The van der Waals surface area contributed by atoms with Gasteiger partial charge in [-0.05, 0) is 18.4 Å². The van der Waals surface area contributed by atoms with E-state index in [1.807, 2.05) is 18.2 Å². The molecule has 0 aliphatic carbocycles. The van der Waals surface area contributed by atoms with Crippen LogP contribution in [-0.4, -0.2) is 51.5 Å². The molecule has 1 rings (SSSR count). The largest absolute Gasteiger partial charge is 0.385 e. The van der Waals surface area contributed by atoms with Gasteiger partial charge >= 0.3 is 0 Å². The van der Waals surface area contributed by atoms with Crippen molar-refractivity contribution in [3.05, 3.63) is 35.9 Å². The van der Waals surface area contributed by atoms with Crippen LogP contribution in [0, 0.1) is 0 Å². The zero-order valence-corrected chi connectivity index (χ0v) is 13.6. The van der Waals surface area contributed by atoms with Crippen LogP contribution in [0.25, 0.3) is 0 Å². The molecule has 1 aromatic rings. The van der Waals surface area contributed by atoms with Crippen molar-refractivity contribution in [2.24, 2.45) is 5.73 Å². The van der Waals surface area contributed by atoms with Gasteiger partial charge in [0, 0.05) is 46.0 Å². The summed E-state index contributed by atoms with van der Waals surface area (Å²) in [6.45, 7) is 5.59. The molecule has 4 nitrogen and oxygen atoms in total. The van der Waals surface area contributed by atoms with Crippen LogP contribution in [-0.2, 0) is 9.47 Å². The molecule has 0 spiro atoms. The number of hydrogen-bond donors (Lipinski definition) is 1. The van der Waals surface area contributed by atoms with Crippen molar-refractivity contribution in [2.75, 3.05) is 40.5 Å². The fourth-order valence-corrected chi connectivity index (χ4v) is 2.70. The molecule has 0 aliphatic heterocycles. The van der Waals surface area contributed by atoms with Gasteiger partial charge in [0.25, 0.3) is 0 Å². The molecule has 0 saturated carbocycles. The van der Waals surface area contributed by atoms with E-state index in [1.54, 1.807) is 14.2 Å². The zero-order valence-electron chi connectivity index (χ0n) is 13.6. The van der Waals surface area contributed by atoms with Crippen LogP contribution in [0.5, 0.6) is 0 Å².